The molecule has 1 aromatic rings. The Balaban J connectivity index is 2.04. The molecule has 0 spiro atoms. The quantitative estimate of drug-likeness (QED) is 0.884. The number of halogens is 1. The van der Waals surface area contributed by atoms with Gasteiger partial charge in [-0.05, 0) is 51.8 Å². The zero-order chi connectivity index (χ0) is 17.9. The SMILES string of the molecule is CC(C)(C)OC(=O)N1CCCC(Nc2cc(C(=O)O)ccc2F)C1. The van der Waals surface area contributed by atoms with E-state index < -0.39 is 23.5 Å². The number of hydrogen-bond donors (Lipinski definition) is 2. The average molecular weight is 338 g/mol. The summed E-state index contributed by atoms with van der Waals surface area (Å²) in [7, 11) is 0. The lowest BCUT2D eigenvalue weighted by Crippen LogP contribution is -2.47. The summed E-state index contributed by atoms with van der Waals surface area (Å²) in [6, 6.07) is 3.45. The Labute approximate surface area is 140 Å². The first-order valence-electron chi connectivity index (χ1n) is 7.93. The van der Waals surface area contributed by atoms with Crippen molar-refractivity contribution in [3.8, 4) is 0 Å². The zero-order valence-electron chi connectivity index (χ0n) is 14.1. The summed E-state index contributed by atoms with van der Waals surface area (Å²) in [6.45, 7) is 6.38. The Morgan fingerprint density at radius 1 is 1.38 bits per heavy atom. The summed E-state index contributed by atoms with van der Waals surface area (Å²) in [4.78, 5) is 24.7. The average Bonchev–Trinajstić information content (AvgIpc) is 2.48. The van der Waals surface area contributed by atoms with Crippen molar-refractivity contribution in [1.29, 1.82) is 0 Å². The van der Waals surface area contributed by atoms with Crippen LogP contribution in [0.3, 0.4) is 0 Å². The van der Waals surface area contributed by atoms with Gasteiger partial charge in [0.15, 0.2) is 0 Å². The first-order chi connectivity index (χ1) is 11.2. The molecule has 2 N–H and O–H groups in total. The lowest BCUT2D eigenvalue weighted by atomic mass is 10.1. The van der Waals surface area contributed by atoms with Crippen LogP contribution in [0.1, 0.15) is 44.0 Å². The molecule has 24 heavy (non-hydrogen) atoms. The molecule has 2 rings (SSSR count). The number of ether oxygens (including phenoxy) is 1. The van der Waals surface area contributed by atoms with Gasteiger partial charge in [-0.25, -0.2) is 14.0 Å². The highest BCUT2D eigenvalue weighted by Crippen LogP contribution is 2.22. The number of nitrogens with zero attached hydrogens (tertiary/aromatic N) is 1. The number of anilines is 1. The Hall–Kier alpha value is -2.31. The minimum absolute atomic E-state index is 0.0127. The molecule has 0 saturated carbocycles. The molecule has 6 nitrogen and oxygen atoms in total. The van der Waals surface area contributed by atoms with Crippen LogP contribution in [0, 0.1) is 5.82 Å². The van der Waals surface area contributed by atoms with Crippen LogP contribution in [0.5, 0.6) is 0 Å². The van der Waals surface area contributed by atoms with Gasteiger partial charge in [0.25, 0.3) is 0 Å². The molecule has 1 unspecified atom stereocenters. The number of amides is 1. The molecule has 1 aliphatic rings. The molecule has 1 fully saturated rings. The van der Waals surface area contributed by atoms with Gasteiger partial charge in [-0.15, -0.1) is 0 Å². The van der Waals surface area contributed by atoms with Gasteiger partial charge in [0.1, 0.15) is 11.4 Å². The van der Waals surface area contributed by atoms with E-state index in [4.69, 9.17) is 9.84 Å². The van der Waals surface area contributed by atoms with E-state index >= 15 is 0 Å². The number of carboxylic acid groups (broad SMARTS) is 1. The second kappa shape index (κ2) is 7.07. The van der Waals surface area contributed by atoms with Crippen molar-refractivity contribution in [2.45, 2.75) is 45.3 Å². The lowest BCUT2D eigenvalue weighted by molar-refractivity contribution is 0.0206. The van der Waals surface area contributed by atoms with Gasteiger partial charge in [-0.1, -0.05) is 0 Å². The lowest BCUT2D eigenvalue weighted by Gasteiger charge is -2.34. The number of rotatable bonds is 3. The van der Waals surface area contributed by atoms with E-state index in [-0.39, 0.29) is 17.3 Å². The molecule has 0 aliphatic carbocycles. The van der Waals surface area contributed by atoms with E-state index in [0.29, 0.717) is 13.1 Å². The van der Waals surface area contributed by atoms with Gasteiger partial charge in [0, 0.05) is 19.1 Å². The summed E-state index contributed by atoms with van der Waals surface area (Å²) >= 11 is 0. The van der Waals surface area contributed by atoms with E-state index in [1.165, 1.54) is 12.1 Å². The number of nitrogens with one attached hydrogen (secondary N) is 1. The molecular formula is C17H23FN2O4. The van der Waals surface area contributed by atoms with Crippen molar-refractivity contribution in [3.05, 3.63) is 29.6 Å². The molecule has 1 aromatic carbocycles. The predicted molar refractivity (Wildman–Crippen MR) is 87.8 cm³/mol. The van der Waals surface area contributed by atoms with Gasteiger partial charge in [-0.3, -0.25) is 0 Å². The minimum atomic E-state index is -1.11. The fourth-order valence-electron chi connectivity index (χ4n) is 2.58. The fourth-order valence-corrected chi connectivity index (χ4v) is 2.58. The van der Waals surface area contributed by atoms with Crippen molar-refractivity contribution >= 4 is 17.7 Å². The van der Waals surface area contributed by atoms with Gasteiger partial charge < -0.3 is 20.1 Å². The highest BCUT2D eigenvalue weighted by atomic mass is 19.1. The van der Waals surface area contributed by atoms with Crippen molar-refractivity contribution < 1.29 is 23.8 Å². The molecule has 1 amide bonds. The maximum atomic E-state index is 13.9. The number of carbonyl (C=O) groups excluding carboxylic acids is 1. The highest BCUT2D eigenvalue weighted by Gasteiger charge is 2.28. The zero-order valence-corrected chi connectivity index (χ0v) is 14.1. The van der Waals surface area contributed by atoms with Crippen LogP contribution in [0.15, 0.2) is 18.2 Å². The molecule has 132 valence electrons. The predicted octanol–water partition coefficient (Wildman–Crippen LogP) is 3.34. The van der Waals surface area contributed by atoms with Crippen LogP contribution >= 0.6 is 0 Å². The topological polar surface area (TPSA) is 78.9 Å². The third-order valence-corrected chi connectivity index (χ3v) is 3.65. The highest BCUT2D eigenvalue weighted by molar-refractivity contribution is 5.88. The number of likely N-dealkylation sites (tertiary alicyclic amines) is 1. The van der Waals surface area contributed by atoms with Crippen molar-refractivity contribution in [3.63, 3.8) is 0 Å². The smallest absolute Gasteiger partial charge is 0.410 e. The van der Waals surface area contributed by atoms with E-state index in [2.05, 4.69) is 5.32 Å². The second-order valence-corrected chi connectivity index (χ2v) is 6.91. The molecule has 0 radical (unpaired) electrons. The molecule has 1 atom stereocenters. The van der Waals surface area contributed by atoms with Crippen LogP contribution in [-0.4, -0.2) is 46.8 Å². The number of hydrogen-bond acceptors (Lipinski definition) is 4. The minimum Gasteiger partial charge on any atom is -0.478 e. The monoisotopic (exact) mass is 338 g/mol. The molecule has 0 aromatic heterocycles. The van der Waals surface area contributed by atoms with E-state index in [9.17, 15) is 14.0 Å². The number of aromatic carboxylic acids is 1. The Bertz CT molecular complexity index is 628. The maximum Gasteiger partial charge on any atom is 0.410 e. The van der Waals surface area contributed by atoms with Crippen molar-refractivity contribution in [2.24, 2.45) is 0 Å². The summed E-state index contributed by atoms with van der Waals surface area (Å²) in [5, 5.41) is 12.0. The first kappa shape index (κ1) is 18.0. The summed E-state index contributed by atoms with van der Waals surface area (Å²) in [5.41, 5.74) is -0.427. The molecule has 7 heteroatoms. The summed E-state index contributed by atoms with van der Waals surface area (Å²) < 4.78 is 19.3. The number of benzene rings is 1. The Morgan fingerprint density at radius 2 is 2.08 bits per heavy atom. The van der Waals surface area contributed by atoms with Crippen molar-refractivity contribution in [1.82, 2.24) is 4.90 Å². The summed E-state index contributed by atoms with van der Waals surface area (Å²) in [5.74, 6) is -1.63. The molecule has 1 saturated heterocycles. The standard InChI is InChI=1S/C17H23FN2O4/c1-17(2,3)24-16(23)20-8-4-5-12(10-20)19-14-9-11(15(21)22)6-7-13(14)18/h6-7,9,12,19H,4-5,8,10H2,1-3H3,(H,21,22). The third kappa shape index (κ3) is 4.84. The molecular weight excluding hydrogens is 315 g/mol. The molecule has 1 aliphatic heterocycles. The second-order valence-electron chi connectivity index (χ2n) is 6.91. The summed E-state index contributed by atoms with van der Waals surface area (Å²) in [6.07, 6.45) is 1.13. The van der Waals surface area contributed by atoms with E-state index in [1.54, 1.807) is 25.7 Å². The van der Waals surface area contributed by atoms with Gasteiger partial charge in [0.2, 0.25) is 0 Å². The van der Waals surface area contributed by atoms with E-state index in [0.717, 1.165) is 18.9 Å². The van der Waals surface area contributed by atoms with Crippen LogP contribution in [0.25, 0.3) is 0 Å². The van der Waals surface area contributed by atoms with Gasteiger partial charge in [0.05, 0.1) is 11.3 Å². The molecule has 0 bridgehead atoms. The van der Waals surface area contributed by atoms with Crippen LogP contribution in [0.2, 0.25) is 0 Å². The Kier molecular flexibility index (Phi) is 5.31. The third-order valence-electron chi connectivity index (χ3n) is 3.65. The van der Waals surface area contributed by atoms with Crippen molar-refractivity contribution in [2.75, 3.05) is 18.4 Å². The normalized spacial score (nSPS) is 18.2. The number of carboxylic acids is 1. The number of piperidine rings is 1. The molecule has 1 heterocycles. The Morgan fingerprint density at radius 3 is 2.71 bits per heavy atom. The first-order valence-corrected chi connectivity index (χ1v) is 7.93. The largest absolute Gasteiger partial charge is 0.478 e. The van der Waals surface area contributed by atoms with Gasteiger partial charge in [-0.2, -0.15) is 0 Å². The van der Waals surface area contributed by atoms with Crippen LogP contribution < -0.4 is 5.32 Å². The maximum absolute atomic E-state index is 13.9. The van der Waals surface area contributed by atoms with Gasteiger partial charge >= 0.3 is 12.1 Å². The number of carbonyl (C=O) groups is 2. The van der Waals surface area contributed by atoms with Crippen LogP contribution in [0.4, 0.5) is 14.9 Å². The van der Waals surface area contributed by atoms with E-state index in [1.807, 2.05) is 0 Å². The van der Waals surface area contributed by atoms with Crippen LogP contribution in [-0.2, 0) is 4.74 Å². The fraction of sp³-hybridized carbons (Fsp3) is 0.529.